The van der Waals surface area contributed by atoms with Crippen molar-refractivity contribution in [1.29, 1.82) is 0 Å². The van der Waals surface area contributed by atoms with E-state index in [4.69, 9.17) is 16.3 Å². The van der Waals surface area contributed by atoms with Crippen molar-refractivity contribution in [3.8, 4) is 0 Å². The summed E-state index contributed by atoms with van der Waals surface area (Å²) < 4.78 is 30.2. The number of hydrogen-bond acceptors (Lipinski definition) is 8. The smallest absolute Gasteiger partial charge is 0.410 e. The van der Waals surface area contributed by atoms with Crippen LogP contribution in [0.3, 0.4) is 0 Å². The third-order valence-corrected chi connectivity index (χ3v) is 6.84. The van der Waals surface area contributed by atoms with Gasteiger partial charge in [0.2, 0.25) is 5.95 Å². The largest absolute Gasteiger partial charge is 0.444 e. The van der Waals surface area contributed by atoms with Crippen LogP contribution in [0.5, 0.6) is 0 Å². The number of likely N-dealkylation sites (tertiary alicyclic amines) is 1. The number of para-hydroxylation sites is 1. The molecule has 1 atom stereocenters. The number of amides is 1. The molecule has 1 unspecified atom stereocenters. The first-order chi connectivity index (χ1) is 15.0. The van der Waals surface area contributed by atoms with Gasteiger partial charge < -0.3 is 20.3 Å². The van der Waals surface area contributed by atoms with Crippen molar-refractivity contribution in [1.82, 2.24) is 14.9 Å². The maximum Gasteiger partial charge on any atom is 0.410 e. The van der Waals surface area contributed by atoms with Gasteiger partial charge in [-0.15, -0.1) is 0 Å². The average Bonchev–Trinajstić information content (AvgIpc) is 3.18. The van der Waals surface area contributed by atoms with Gasteiger partial charge in [-0.3, -0.25) is 0 Å². The Morgan fingerprint density at radius 3 is 2.72 bits per heavy atom. The van der Waals surface area contributed by atoms with E-state index in [1.54, 1.807) is 36.1 Å². The Morgan fingerprint density at radius 2 is 2.03 bits per heavy atom. The fourth-order valence-corrected chi connectivity index (χ4v) is 4.39. The predicted octanol–water partition coefficient (Wildman–Crippen LogP) is 4.09. The zero-order chi connectivity index (χ0) is 23.5. The zero-order valence-corrected chi connectivity index (χ0v) is 20.1. The maximum atomic E-state index is 12.4. The number of carbonyl (C=O) groups excluding carboxylic acids is 1. The minimum Gasteiger partial charge on any atom is -0.444 e. The number of carbonyl (C=O) groups is 1. The second-order valence-corrected chi connectivity index (χ2v) is 11.1. The summed E-state index contributed by atoms with van der Waals surface area (Å²) in [6, 6.07) is 6.54. The molecule has 9 nitrogen and oxygen atoms in total. The van der Waals surface area contributed by atoms with Crippen LogP contribution in [-0.2, 0) is 14.6 Å². The summed E-state index contributed by atoms with van der Waals surface area (Å²) in [7, 11) is -3.43. The summed E-state index contributed by atoms with van der Waals surface area (Å²) in [5, 5.41) is 6.47. The molecule has 1 saturated heterocycles. The number of anilines is 3. The number of nitrogens with one attached hydrogen (secondary N) is 2. The topological polar surface area (TPSA) is 114 Å². The van der Waals surface area contributed by atoms with Gasteiger partial charge >= 0.3 is 6.09 Å². The summed E-state index contributed by atoms with van der Waals surface area (Å²) in [5.41, 5.74) is -0.165. The molecule has 32 heavy (non-hydrogen) atoms. The van der Waals surface area contributed by atoms with Crippen molar-refractivity contribution < 1.29 is 17.9 Å². The van der Waals surface area contributed by atoms with E-state index < -0.39 is 15.4 Å². The highest BCUT2D eigenvalue weighted by molar-refractivity contribution is 7.91. The first kappa shape index (κ1) is 24.1. The first-order valence-corrected chi connectivity index (χ1v) is 12.4. The van der Waals surface area contributed by atoms with Gasteiger partial charge in [0.15, 0.2) is 15.7 Å². The van der Waals surface area contributed by atoms with Gasteiger partial charge in [0, 0.05) is 19.1 Å². The number of nitrogens with zero attached hydrogens (tertiary/aromatic N) is 3. The molecule has 0 bridgehead atoms. The van der Waals surface area contributed by atoms with E-state index in [-0.39, 0.29) is 33.6 Å². The minimum absolute atomic E-state index is 0.0220. The lowest BCUT2D eigenvalue weighted by Crippen LogP contribution is -2.36. The summed E-state index contributed by atoms with van der Waals surface area (Å²) in [5.74, 6) is 0.583. The predicted molar refractivity (Wildman–Crippen MR) is 124 cm³/mol. The van der Waals surface area contributed by atoms with E-state index >= 15 is 0 Å². The quantitative estimate of drug-likeness (QED) is 0.634. The molecule has 1 aromatic heterocycles. The van der Waals surface area contributed by atoms with E-state index in [1.807, 2.05) is 20.8 Å². The van der Waals surface area contributed by atoms with Gasteiger partial charge in [-0.05, 0) is 39.3 Å². The molecule has 0 radical (unpaired) electrons. The van der Waals surface area contributed by atoms with Crippen LogP contribution >= 0.6 is 11.6 Å². The summed E-state index contributed by atoms with van der Waals surface area (Å²) in [6.45, 7) is 8.10. The molecule has 3 rings (SSSR count). The van der Waals surface area contributed by atoms with E-state index in [1.165, 1.54) is 6.20 Å². The van der Waals surface area contributed by atoms with Crippen molar-refractivity contribution in [2.24, 2.45) is 0 Å². The lowest BCUT2D eigenvalue weighted by atomic mass is 10.2. The van der Waals surface area contributed by atoms with Crippen molar-refractivity contribution in [3.63, 3.8) is 0 Å². The summed E-state index contributed by atoms with van der Waals surface area (Å²) >= 11 is 6.26. The minimum atomic E-state index is -3.43. The molecule has 0 aliphatic carbocycles. The molecule has 1 aromatic carbocycles. The zero-order valence-electron chi connectivity index (χ0n) is 18.6. The highest BCUT2D eigenvalue weighted by Gasteiger charge is 2.30. The number of sulfone groups is 1. The number of rotatable bonds is 6. The highest BCUT2D eigenvalue weighted by atomic mass is 35.5. The number of halogens is 1. The third-order valence-electron chi connectivity index (χ3n) is 4.77. The Kier molecular flexibility index (Phi) is 7.14. The summed E-state index contributed by atoms with van der Waals surface area (Å²) in [4.78, 5) is 22.7. The highest BCUT2D eigenvalue weighted by Crippen LogP contribution is 2.29. The van der Waals surface area contributed by atoms with Crippen LogP contribution in [0.2, 0.25) is 5.02 Å². The fourth-order valence-electron chi connectivity index (χ4n) is 3.20. The van der Waals surface area contributed by atoms with Gasteiger partial charge in [-0.25, -0.2) is 18.2 Å². The van der Waals surface area contributed by atoms with Gasteiger partial charge in [0.25, 0.3) is 0 Å². The van der Waals surface area contributed by atoms with Gasteiger partial charge in [-0.2, -0.15) is 4.98 Å². The summed E-state index contributed by atoms with van der Waals surface area (Å²) in [6.07, 6.45) is 1.80. The molecule has 2 heterocycles. The maximum absolute atomic E-state index is 12.4. The van der Waals surface area contributed by atoms with E-state index in [0.29, 0.717) is 31.1 Å². The number of ether oxygens (including phenoxy) is 1. The molecule has 2 N–H and O–H groups in total. The molecule has 1 fully saturated rings. The molecule has 0 spiro atoms. The SMILES string of the molecule is CCS(=O)(=O)c1ccccc1Nc1nc(NC2CCN(C(=O)OC(C)(C)C)C2)ncc1Cl. The first-order valence-electron chi connectivity index (χ1n) is 10.3. The lowest BCUT2D eigenvalue weighted by Gasteiger charge is -2.24. The average molecular weight is 482 g/mol. The van der Waals surface area contributed by atoms with Crippen LogP contribution in [0.1, 0.15) is 34.1 Å². The van der Waals surface area contributed by atoms with Crippen molar-refractivity contribution >= 4 is 45.0 Å². The van der Waals surface area contributed by atoms with Crippen LogP contribution in [-0.4, -0.2) is 59.9 Å². The van der Waals surface area contributed by atoms with Crippen LogP contribution in [0.15, 0.2) is 35.4 Å². The monoisotopic (exact) mass is 481 g/mol. The second kappa shape index (κ2) is 9.50. The molecule has 1 amide bonds. The number of hydrogen-bond donors (Lipinski definition) is 2. The van der Waals surface area contributed by atoms with Gasteiger partial charge in [0.05, 0.1) is 22.5 Å². The van der Waals surface area contributed by atoms with Crippen LogP contribution < -0.4 is 10.6 Å². The fraction of sp³-hybridized carbons (Fsp3) is 0.476. The standard InChI is InChI=1S/C21H28ClN5O4S/c1-5-32(29,30)17-9-7-6-8-16(17)25-18-15(22)12-23-19(26-18)24-14-10-11-27(13-14)20(28)31-21(2,3)4/h6-9,12,14H,5,10-11,13H2,1-4H3,(H2,23,24,25,26). The molecule has 1 aliphatic rings. The van der Waals surface area contributed by atoms with Crippen molar-refractivity contribution in [3.05, 3.63) is 35.5 Å². The molecule has 0 saturated carbocycles. The Labute approximate surface area is 193 Å². The molecular formula is C21H28ClN5O4S. The number of aromatic nitrogens is 2. The third kappa shape index (κ3) is 6.01. The molecule has 174 valence electrons. The molecule has 2 aromatic rings. The van der Waals surface area contributed by atoms with Crippen molar-refractivity contribution in [2.75, 3.05) is 29.5 Å². The lowest BCUT2D eigenvalue weighted by molar-refractivity contribution is 0.0293. The van der Waals surface area contributed by atoms with E-state index in [9.17, 15) is 13.2 Å². The molecule has 11 heteroatoms. The van der Waals surface area contributed by atoms with Crippen LogP contribution in [0, 0.1) is 0 Å². The Balaban J connectivity index is 1.72. The molecule has 1 aliphatic heterocycles. The Bertz CT molecular complexity index is 1090. The van der Waals surface area contributed by atoms with Gasteiger partial charge in [-0.1, -0.05) is 30.7 Å². The van der Waals surface area contributed by atoms with Crippen LogP contribution in [0.25, 0.3) is 0 Å². The van der Waals surface area contributed by atoms with E-state index in [2.05, 4.69) is 20.6 Å². The second-order valence-electron chi connectivity index (χ2n) is 8.47. The Hall–Kier alpha value is -2.59. The number of benzene rings is 1. The van der Waals surface area contributed by atoms with Gasteiger partial charge in [0.1, 0.15) is 10.6 Å². The van der Waals surface area contributed by atoms with E-state index in [0.717, 1.165) is 0 Å². The normalized spacial score (nSPS) is 16.7. The Morgan fingerprint density at radius 1 is 1.31 bits per heavy atom. The van der Waals surface area contributed by atoms with Crippen LogP contribution in [0.4, 0.5) is 22.2 Å². The van der Waals surface area contributed by atoms with Crippen molar-refractivity contribution in [2.45, 2.75) is 50.7 Å². The molecular weight excluding hydrogens is 454 g/mol.